The predicted octanol–water partition coefficient (Wildman–Crippen LogP) is 2.13. The number of carbonyl (C=O) groups excluding carboxylic acids is 1. The van der Waals surface area contributed by atoms with Crippen molar-refractivity contribution in [1.29, 1.82) is 0 Å². The standard InChI is InChI=1S/C14H19ClN2O/c15-12-4-1-10(2-5-12)7-8-17-14(18)11-3-6-13(16)9-11/h1-2,4-5,11,13H,3,6-9,16H2,(H,17,18). The van der Waals surface area contributed by atoms with Crippen LogP contribution in [0, 0.1) is 5.92 Å². The number of amides is 1. The fourth-order valence-corrected chi connectivity index (χ4v) is 2.51. The Morgan fingerprint density at radius 1 is 1.33 bits per heavy atom. The molecule has 0 heterocycles. The number of carbonyl (C=O) groups is 1. The van der Waals surface area contributed by atoms with E-state index in [9.17, 15) is 4.79 Å². The molecule has 0 spiro atoms. The zero-order chi connectivity index (χ0) is 13.0. The summed E-state index contributed by atoms with van der Waals surface area (Å²) in [6.07, 6.45) is 3.55. The molecule has 0 aliphatic heterocycles. The molecule has 0 aromatic heterocycles. The number of nitrogens with two attached hydrogens (primary N) is 1. The molecule has 2 unspecified atom stereocenters. The van der Waals surface area contributed by atoms with E-state index in [2.05, 4.69) is 5.32 Å². The summed E-state index contributed by atoms with van der Waals surface area (Å²) >= 11 is 5.81. The summed E-state index contributed by atoms with van der Waals surface area (Å²) in [6.45, 7) is 0.673. The van der Waals surface area contributed by atoms with Gasteiger partial charge in [-0.15, -0.1) is 0 Å². The Balaban J connectivity index is 1.72. The van der Waals surface area contributed by atoms with Gasteiger partial charge in [0, 0.05) is 23.5 Å². The second-order valence-corrected chi connectivity index (χ2v) is 5.37. The van der Waals surface area contributed by atoms with E-state index < -0.39 is 0 Å². The van der Waals surface area contributed by atoms with Crippen LogP contribution >= 0.6 is 11.6 Å². The summed E-state index contributed by atoms with van der Waals surface area (Å²) in [6, 6.07) is 7.92. The Morgan fingerprint density at radius 3 is 2.67 bits per heavy atom. The Labute approximate surface area is 113 Å². The van der Waals surface area contributed by atoms with Crippen LogP contribution in [0.2, 0.25) is 5.02 Å². The van der Waals surface area contributed by atoms with Crippen molar-refractivity contribution in [1.82, 2.24) is 5.32 Å². The molecule has 1 saturated carbocycles. The highest BCUT2D eigenvalue weighted by Crippen LogP contribution is 2.23. The van der Waals surface area contributed by atoms with Crippen LogP contribution in [0.4, 0.5) is 0 Å². The Morgan fingerprint density at radius 2 is 2.06 bits per heavy atom. The van der Waals surface area contributed by atoms with E-state index in [0.717, 1.165) is 30.7 Å². The first-order valence-electron chi connectivity index (χ1n) is 6.43. The first-order valence-corrected chi connectivity index (χ1v) is 6.80. The van der Waals surface area contributed by atoms with Crippen molar-refractivity contribution in [2.24, 2.45) is 11.7 Å². The maximum Gasteiger partial charge on any atom is 0.223 e. The molecule has 0 saturated heterocycles. The Kier molecular flexibility index (Phi) is 4.61. The van der Waals surface area contributed by atoms with Gasteiger partial charge in [0.1, 0.15) is 0 Å². The number of hydrogen-bond donors (Lipinski definition) is 2. The van der Waals surface area contributed by atoms with Crippen LogP contribution in [-0.4, -0.2) is 18.5 Å². The van der Waals surface area contributed by atoms with E-state index in [-0.39, 0.29) is 17.9 Å². The van der Waals surface area contributed by atoms with Gasteiger partial charge in [-0.05, 0) is 43.4 Å². The van der Waals surface area contributed by atoms with Crippen molar-refractivity contribution in [3.8, 4) is 0 Å². The van der Waals surface area contributed by atoms with Gasteiger partial charge in [-0.1, -0.05) is 23.7 Å². The van der Waals surface area contributed by atoms with Crippen LogP contribution in [-0.2, 0) is 11.2 Å². The molecule has 4 heteroatoms. The lowest BCUT2D eigenvalue weighted by Crippen LogP contribution is -2.31. The zero-order valence-corrected chi connectivity index (χ0v) is 11.1. The Hall–Kier alpha value is -1.06. The molecule has 3 nitrogen and oxygen atoms in total. The molecule has 3 N–H and O–H groups in total. The van der Waals surface area contributed by atoms with Crippen LogP contribution < -0.4 is 11.1 Å². The summed E-state index contributed by atoms with van der Waals surface area (Å²) in [5, 5.41) is 3.72. The lowest BCUT2D eigenvalue weighted by Gasteiger charge is -2.10. The summed E-state index contributed by atoms with van der Waals surface area (Å²) in [5.41, 5.74) is 6.99. The van der Waals surface area contributed by atoms with E-state index in [4.69, 9.17) is 17.3 Å². The molecule has 1 aromatic carbocycles. The molecular formula is C14H19ClN2O. The lowest BCUT2D eigenvalue weighted by molar-refractivity contribution is -0.124. The molecule has 98 valence electrons. The van der Waals surface area contributed by atoms with Crippen molar-refractivity contribution in [2.45, 2.75) is 31.7 Å². The van der Waals surface area contributed by atoms with Gasteiger partial charge >= 0.3 is 0 Å². The summed E-state index contributed by atoms with van der Waals surface area (Å²) in [7, 11) is 0. The molecule has 1 aromatic rings. The van der Waals surface area contributed by atoms with Gasteiger partial charge in [-0.25, -0.2) is 0 Å². The maximum atomic E-state index is 11.8. The van der Waals surface area contributed by atoms with Gasteiger partial charge in [0.25, 0.3) is 0 Å². The quantitative estimate of drug-likeness (QED) is 0.877. The fraction of sp³-hybridized carbons (Fsp3) is 0.500. The molecule has 18 heavy (non-hydrogen) atoms. The van der Waals surface area contributed by atoms with Crippen molar-refractivity contribution in [2.75, 3.05) is 6.54 Å². The number of hydrogen-bond acceptors (Lipinski definition) is 2. The second kappa shape index (κ2) is 6.21. The van der Waals surface area contributed by atoms with Crippen molar-refractivity contribution >= 4 is 17.5 Å². The topological polar surface area (TPSA) is 55.1 Å². The van der Waals surface area contributed by atoms with Crippen molar-refractivity contribution in [3.05, 3.63) is 34.9 Å². The van der Waals surface area contributed by atoms with E-state index >= 15 is 0 Å². The first kappa shape index (κ1) is 13.4. The third-order valence-corrected chi connectivity index (χ3v) is 3.72. The minimum absolute atomic E-state index is 0.116. The Bertz CT molecular complexity index is 405. The average molecular weight is 267 g/mol. The van der Waals surface area contributed by atoms with Gasteiger partial charge in [0.05, 0.1) is 0 Å². The van der Waals surface area contributed by atoms with Gasteiger partial charge in [-0.2, -0.15) is 0 Å². The maximum absolute atomic E-state index is 11.8. The highest BCUT2D eigenvalue weighted by molar-refractivity contribution is 6.30. The zero-order valence-electron chi connectivity index (χ0n) is 10.4. The van der Waals surface area contributed by atoms with Crippen LogP contribution in [0.1, 0.15) is 24.8 Å². The van der Waals surface area contributed by atoms with E-state index in [0.29, 0.717) is 6.54 Å². The van der Waals surface area contributed by atoms with E-state index in [1.807, 2.05) is 24.3 Å². The number of halogens is 1. The highest BCUT2D eigenvalue weighted by Gasteiger charge is 2.27. The van der Waals surface area contributed by atoms with Gasteiger partial charge in [0.15, 0.2) is 0 Å². The van der Waals surface area contributed by atoms with Crippen molar-refractivity contribution < 1.29 is 4.79 Å². The number of nitrogens with one attached hydrogen (secondary N) is 1. The van der Waals surface area contributed by atoms with Crippen LogP contribution in [0.3, 0.4) is 0 Å². The highest BCUT2D eigenvalue weighted by atomic mass is 35.5. The third kappa shape index (κ3) is 3.72. The molecule has 1 fully saturated rings. The largest absolute Gasteiger partial charge is 0.356 e. The first-order chi connectivity index (χ1) is 8.65. The third-order valence-electron chi connectivity index (χ3n) is 3.47. The van der Waals surface area contributed by atoms with E-state index in [1.165, 1.54) is 5.56 Å². The smallest absolute Gasteiger partial charge is 0.223 e. The van der Waals surface area contributed by atoms with Crippen LogP contribution in [0.15, 0.2) is 24.3 Å². The SMILES string of the molecule is NC1CCC(C(=O)NCCc2ccc(Cl)cc2)C1. The molecule has 1 amide bonds. The molecular weight excluding hydrogens is 248 g/mol. The van der Waals surface area contributed by atoms with E-state index in [1.54, 1.807) is 0 Å². The molecule has 0 bridgehead atoms. The van der Waals surface area contributed by atoms with Crippen LogP contribution in [0.5, 0.6) is 0 Å². The lowest BCUT2D eigenvalue weighted by atomic mass is 10.1. The van der Waals surface area contributed by atoms with Crippen LogP contribution in [0.25, 0.3) is 0 Å². The number of rotatable bonds is 4. The summed E-state index contributed by atoms with van der Waals surface area (Å²) in [5.74, 6) is 0.266. The molecule has 1 aliphatic carbocycles. The molecule has 1 aliphatic rings. The minimum Gasteiger partial charge on any atom is -0.356 e. The minimum atomic E-state index is 0.116. The second-order valence-electron chi connectivity index (χ2n) is 4.94. The fourth-order valence-electron chi connectivity index (χ4n) is 2.38. The monoisotopic (exact) mass is 266 g/mol. The van der Waals surface area contributed by atoms with Gasteiger partial charge in [0.2, 0.25) is 5.91 Å². The normalized spacial score (nSPS) is 23.0. The predicted molar refractivity (Wildman–Crippen MR) is 73.5 cm³/mol. The molecule has 2 atom stereocenters. The molecule has 0 radical (unpaired) electrons. The number of benzene rings is 1. The summed E-state index contributed by atoms with van der Waals surface area (Å²) in [4.78, 5) is 11.8. The summed E-state index contributed by atoms with van der Waals surface area (Å²) < 4.78 is 0. The van der Waals surface area contributed by atoms with Gasteiger partial charge in [-0.3, -0.25) is 4.79 Å². The molecule has 2 rings (SSSR count). The van der Waals surface area contributed by atoms with Gasteiger partial charge < -0.3 is 11.1 Å². The average Bonchev–Trinajstić information content (AvgIpc) is 2.78. The van der Waals surface area contributed by atoms with Crippen molar-refractivity contribution in [3.63, 3.8) is 0 Å².